The van der Waals surface area contributed by atoms with Crippen LogP contribution in [0.25, 0.3) is 0 Å². The molecular formula is C21H33N3O3. The maximum absolute atomic E-state index is 5.81. The minimum atomic E-state index is 0.455. The van der Waals surface area contributed by atoms with Crippen LogP contribution in [0.2, 0.25) is 0 Å². The summed E-state index contributed by atoms with van der Waals surface area (Å²) in [5, 5.41) is 6.83. The van der Waals surface area contributed by atoms with Crippen LogP contribution in [0.3, 0.4) is 0 Å². The largest absolute Gasteiger partial charge is 0.493 e. The highest BCUT2D eigenvalue weighted by molar-refractivity contribution is 5.79. The van der Waals surface area contributed by atoms with Gasteiger partial charge >= 0.3 is 0 Å². The zero-order valence-corrected chi connectivity index (χ0v) is 16.4. The molecule has 2 N–H and O–H groups in total. The van der Waals surface area contributed by atoms with Crippen molar-refractivity contribution in [2.75, 3.05) is 53.2 Å². The fourth-order valence-corrected chi connectivity index (χ4v) is 3.61. The van der Waals surface area contributed by atoms with E-state index in [1.54, 1.807) is 0 Å². The molecule has 0 aliphatic carbocycles. The van der Waals surface area contributed by atoms with E-state index in [1.807, 2.05) is 13.1 Å². The highest BCUT2D eigenvalue weighted by Gasteiger charge is 2.21. The van der Waals surface area contributed by atoms with Gasteiger partial charge in [-0.3, -0.25) is 4.99 Å². The first-order chi connectivity index (χ1) is 13.4. The van der Waals surface area contributed by atoms with Gasteiger partial charge in [0.1, 0.15) is 5.75 Å². The second kappa shape index (κ2) is 11.1. The molecule has 6 nitrogen and oxygen atoms in total. The molecule has 0 radical (unpaired) electrons. The third-order valence-corrected chi connectivity index (χ3v) is 5.27. The van der Waals surface area contributed by atoms with Gasteiger partial charge in [-0.15, -0.1) is 0 Å². The number of para-hydroxylation sites is 1. The summed E-state index contributed by atoms with van der Waals surface area (Å²) < 4.78 is 16.9. The zero-order valence-electron chi connectivity index (χ0n) is 16.4. The highest BCUT2D eigenvalue weighted by Crippen LogP contribution is 2.32. The zero-order chi connectivity index (χ0) is 18.7. The Morgan fingerprint density at radius 1 is 1.15 bits per heavy atom. The Hall–Kier alpha value is -1.79. The molecular weight excluding hydrogens is 342 g/mol. The van der Waals surface area contributed by atoms with Crippen LogP contribution in [0.1, 0.15) is 37.2 Å². The van der Waals surface area contributed by atoms with Gasteiger partial charge in [0.05, 0.1) is 6.61 Å². The molecule has 0 aromatic heterocycles. The average Bonchev–Trinajstić information content (AvgIpc) is 2.73. The van der Waals surface area contributed by atoms with Gasteiger partial charge in [-0.25, -0.2) is 0 Å². The first kappa shape index (κ1) is 20.0. The molecule has 0 spiro atoms. The fourth-order valence-electron chi connectivity index (χ4n) is 3.61. The van der Waals surface area contributed by atoms with E-state index in [0.717, 1.165) is 83.5 Å². The minimum absolute atomic E-state index is 0.455. The van der Waals surface area contributed by atoms with Crippen LogP contribution in [0.5, 0.6) is 5.75 Å². The lowest BCUT2D eigenvalue weighted by Gasteiger charge is -2.26. The molecule has 0 bridgehead atoms. The predicted molar refractivity (Wildman–Crippen MR) is 108 cm³/mol. The predicted octanol–water partition coefficient (Wildman–Crippen LogP) is 2.55. The first-order valence-electron chi connectivity index (χ1n) is 10.2. The van der Waals surface area contributed by atoms with Crippen LogP contribution in [0.4, 0.5) is 0 Å². The van der Waals surface area contributed by atoms with Gasteiger partial charge in [0.15, 0.2) is 5.96 Å². The lowest BCUT2D eigenvalue weighted by molar-refractivity contribution is 0.0203. The van der Waals surface area contributed by atoms with Crippen molar-refractivity contribution in [3.8, 4) is 5.75 Å². The fraction of sp³-hybridized carbons (Fsp3) is 0.667. The summed E-state index contributed by atoms with van der Waals surface area (Å²) in [6.07, 6.45) is 4.26. The quantitative estimate of drug-likeness (QED) is 0.415. The van der Waals surface area contributed by atoms with Gasteiger partial charge in [-0.1, -0.05) is 18.2 Å². The molecule has 1 saturated heterocycles. The number of guanidine groups is 1. The standard InChI is InChI=1S/C21H33N3O3/c1-22-21(23-10-4-11-26-16-17-7-12-25-13-8-17)24-15-18-9-14-27-20-6-3-2-5-19(18)20/h2-3,5-6,17-18H,4,7-16H2,1H3,(H2,22,23,24). The maximum Gasteiger partial charge on any atom is 0.190 e. The van der Waals surface area contributed by atoms with Crippen molar-refractivity contribution in [2.45, 2.75) is 31.6 Å². The molecule has 1 atom stereocenters. The maximum atomic E-state index is 5.81. The van der Waals surface area contributed by atoms with Crippen LogP contribution in [-0.4, -0.2) is 59.1 Å². The summed E-state index contributed by atoms with van der Waals surface area (Å²) in [7, 11) is 1.81. The van der Waals surface area contributed by atoms with Crippen LogP contribution in [-0.2, 0) is 9.47 Å². The van der Waals surface area contributed by atoms with E-state index in [2.05, 4.69) is 33.8 Å². The summed E-state index contributed by atoms with van der Waals surface area (Å²) in [5.74, 6) is 2.99. The topological polar surface area (TPSA) is 64.1 Å². The number of fused-ring (bicyclic) bond motifs is 1. The summed E-state index contributed by atoms with van der Waals surface area (Å²) in [6, 6.07) is 8.31. The molecule has 0 saturated carbocycles. The van der Waals surface area contributed by atoms with Crippen molar-refractivity contribution in [3.63, 3.8) is 0 Å². The van der Waals surface area contributed by atoms with Gasteiger partial charge in [0.25, 0.3) is 0 Å². The first-order valence-corrected chi connectivity index (χ1v) is 10.2. The number of aliphatic imine (C=N–C) groups is 1. The van der Waals surface area contributed by atoms with Gasteiger partial charge in [-0.2, -0.15) is 0 Å². The van der Waals surface area contributed by atoms with Crippen LogP contribution < -0.4 is 15.4 Å². The lowest BCUT2D eigenvalue weighted by atomic mass is 9.93. The molecule has 2 aliphatic rings. The van der Waals surface area contributed by atoms with Gasteiger partial charge in [0, 0.05) is 52.5 Å². The number of nitrogens with zero attached hydrogens (tertiary/aromatic N) is 1. The third-order valence-electron chi connectivity index (χ3n) is 5.27. The SMILES string of the molecule is CN=C(NCCCOCC1CCOCC1)NCC1CCOc2ccccc21. The van der Waals surface area contributed by atoms with Crippen LogP contribution >= 0.6 is 0 Å². The molecule has 27 heavy (non-hydrogen) atoms. The van der Waals surface area contributed by atoms with E-state index in [0.29, 0.717) is 11.8 Å². The molecule has 150 valence electrons. The van der Waals surface area contributed by atoms with Crippen molar-refractivity contribution < 1.29 is 14.2 Å². The molecule has 1 aromatic rings. The van der Waals surface area contributed by atoms with Crippen molar-refractivity contribution in [1.82, 2.24) is 10.6 Å². The summed E-state index contributed by atoms with van der Waals surface area (Å²) in [5.41, 5.74) is 1.29. The third kappa shape index (κ3) is 6.40. The van der Waals surface area contributed by atoms with Crippen molar-refractivity contribution >= 4 is 5.96 Å². The Morgan fingerprint density at radius 3 is 2.85 bits per heavy atom. The number of benzene rings is 1. The number of hydrogen-bond acceptors (Lipinski definition) is 4. The minimum Gasteiger partial charge on any atom is -0.493 e. The molecule has 1 fully saturated rings. The number of nitrogens with one attached hydrogen (secondary N) is 2. The summed E-state index contributed by atoms with van der Waals surface area (Å²) in [6.45, 7) is 5.91. The summed E-state index contributed by atoms with van der Waals surface area (Å²) in [4.78, 5) is 4.33. The lowest BCUT2D eigenvalue weighted by Crippen LogP contribution is -2.40. The van der Waals surface area contributed by atoms with Crippen LogP contribution in [0, 0.1) is 5.92 Å². The molecule has 1 aromatic carbocycles. The van der Waals surface area contributed by atoms with Crippen molar-refractivity contribution in [3.05, 3.63) is 29.8 Å². The van der Waals surface area contributed by atoms with Gasteiger partial charge in [0.2, 0.25) is 0 Å². The second-order valence-corrected chi connectivity index (χ2v) is 7.24. The molecule has 0 amide bonds. The van der Waals surface area contributed by atoms with E-state index in [-0.39, 0.29) is 0 Å². The average molecular weight is 376 g/mol. The molecule has 2 aliphatic heterocycles. The van der Waals surface area contributed by atoms with E-state index in [9.17, 15) is 0 Å². The van der Waals surface area contributed by atoms with Gasteiger partial charge < -0.3 is 24.8 Å². The normalized spacial score (nSPS) is 20.6. The highest BCUT2D eigenvalue weighted by atomic mass is 16.5. The molecule has 1 unspecified atom stereocenters. The Bertz CT molecular complexity index is 588. The van der Waals surface area contributed by atoms with Gasteiger partial charge in [-0.05, 0) is 43.2 Å². The molecule has 3 rings (SSSR count). The summed E-state index contributed by atoms with van der Waals surface area (Å²) >= 11 is 0. The Labute approximate surface area is 162 Å². The molecule has 2 heterocycles. The van der Waals surface area contributed by atoms with Crippen molar-refractivity contribution in [1.29, 1.82) is 0 Å². The van der Waals surface area contributed by atoms with Crippen LogP contribution in [0.15, 0.2) is 29.3 Å². The van der Waals surface area contributed by atoms with E-state index >= 15 is 0 Å². The van der Waals surface area contributed by atoms with E-state index in [1.165, 1.54) is 5.56 Å². The monoisotopic (exact) mass is 375 g/mol. The number of rotatable bonds is 8. The number of hydrogen-bond donors (Lipinski definition) is 2. The van der Waals surface area contributed by atoms with E-state index < -0.39 is 0 Å². The van der Waals surface area contributed by atoms with E-state index in [4.69, 9.17) is 14.2 Å². The Balaban J connectivity index is 1.30. The second-order valence-electron chi connectivity index (χ2n) is 7.24. The Kier molecular flexibility index (Phi) is 8.24. The molecule has 6 heteroatoms. The van der Waals surface area contributed by atoms with Crippen molar-refractivity contribution in [2.24, 2.45) is 10.9 Å². The number of ether oxygens (including phenoxy) is 3. The Morgan fingerprint density at radius 2 is 2.00 bits per heavy atom. The smallest absolute Gasteiger partial charge is 0.190 e.